The quantitative estimate of drug-likeness (QED) is 0.599. The van der Waals surface area contributed by atoms with Gasteiger partial charge in [0.2, 0.25) is 5.91 Å². The van der Waals surface area contributed by atoms with Crippen LogP contribution in [0.25, 0.3) is 0 Å². The van der Waals surface area contributed by atoms with Crippen molar-refractivity contribution in [2.45, 2.75) is 19.4 Å². The van der Waals surface area contributed by atoms with Crippen molar-refractivity contribution in [1.82, 2.24) is 15.6 Å². The van der Waals surface area contributed by atoms with Crippen molar-refractivity contribution in [2.24, 2.45) is 11.7 Å². The van der Waals surface area contributed by atoms with Gasteiger partial charge in [0.05, 0.1) is 5.56 Å². The van der Waals surface area contributed by atoms with Gasteiger partial charge in [0.25, 0.3) is 5.91 Å². The number of carbonyl (C=O) groups excluding carboxylic acids is 2. The molecule has 1 aromatic heterocycles. The number of primary amides is 1. The molecule has 0 spiro atoms. The van der Waals surface area contributed by atoms with E-state index in [1.807, 2.05) is 0 Å². The van der Waals surface area contributed by atoms with Crippen LogP contribution >= 0.6 is 0 Å². The molecule has 1 aromatic rings. The Morgan fingerprint density at radius 3 is 2.89 bits per heavy atom. The smallest absolute Gasteiger partial charge is 0.267 e. The molecule has 98 valence electrons. The largest absolute Gasteiger partial charge is 0.366 e. The molecule has 1 fully saturated rings. The van der Waals surface area contributed by atoms with E-state index in [0.717, 1.165) is 19.5 Å². The number of rotatable bonds is 3. The van der Waals surface area contributed by atoms with Gasteiger partial charge in [-0.2, -0.15) is 0 Å². The Hall–Kier alpha value is -1.82. The summed E-state index contributed by atoms with van der Waals surface area (Å²) in [6.45, 7) is 3.88. The monoisotopic (exact) mass is 250 g/mol. The number of nitrogens with one attached hydrogen (secondary N) is 3. The van der Waals surface area contributed by atoms with Crippen LogP contribution < -0.4 is 16.4 Å². The van der Waals surface area contributed by atoms with E-state index in [2.05, 4.69) is 22.5 Å². The van der Waals surface area contributed by atoms with E-state index < -0.39 is 5.91 Å². The van der Waals surface area contributed by atoms with Crippen molar-refractivity contribution in [3.8, 4) is 0 Å². The predicted octanol–water partition coefficient (Wildman–Crippen LogP) is -0.159. The van der Waals surface area contributed by atoms with Gasteiger partial charge in [-0.05, 0) is 24.9 Å². The molecule has 6 heteroatoms. The summed E-state index contributed by atoms with van der Waals surface area (Å²) in [5.41, 5.74) is 5.81. The van der Waals surface area contributed by atoms with Gasteiger partial charge in [-0.15, -0.1) is 0 Å². The summed E-state index contributed by atoms with van der Waals surface area (Å²) in [4.78, 5) is 25.7. The zero-order chi connectivity index (χ0) is 13.1. The lowest BCUT2D eigenvalue weighted by Crippen LogP contribution is -2.50. The average Bonchev–Trinajstić information content (AvgIpc) is 2.81. The number of amides is 2. The minimum Gasteiger partial charge on any atom is -0.366 e. The molecule has 2 unspecified atom stereocenters. The summed E-state index contributed by atoms with van der Waals surface area (Å²) in [5, 5.41) is 6.20. The maximum absolute atomic E-state index is 12.0. The van der Waals surface area contributed by atoms with Gasteiger partial charge in [0.15, 0.2) is 0 Å². The van der Waals surface area contributed by atoms with Crippen LogP contribution in [0.15, 0.2) is 12.3 Å². The van der Waals surface area contributed by atoms with Crippen LogP contribution in [0.3, 0.4) is 0 Å². The number of aromatic amines is 1. The van der Waals surface area contributed by atoms with Crippen LogP contribution in [0.5, 0.6) is 0 Å². The molecule has 1 aliphatic rings. The fraction of sp³-hybridized carbons (Fsp3) is 0.500. The normalized spacial score (nSPS) is 23.6. The zero-order valence-corrected chi connectivity index (χ0v) is 10.3. The lowest BCUT2D eigenvalue weighted by Gasteiger charge is -2.30. The number of nitrogens with two attached hydrogens (primary N) is 1. The van der Waals surface area contributed by atoms with Crippen LogP contribution in [0.4, 0.5) is 0 Å². The highest BCUT2D eigenvalue weighted by molar-refractivity contribution is 5.98. The standard InChI is InChI=1S/C12H18N4O2/c1-7-2-3-14-6-10(7)16-12(18)9-4-8(5-15-9)11(13)17/h4-5,7,10,14-15H,2-3,6H2,1H3,(H2,13,17)(H,16,18). The van der Waals surface area contributed by atoms with Crippen molar-refractivity contribution >= 4 is 11.8 Å². The van der Waals surface area contributed by atoms with Crippen LogP contribution in [-0.4, -0.2) is 35.9 Å². The van der Waals surface area contributed by atoms with E-state index in [9.17, 15) is 9.59 Å². The van der Waals surface area contributed by atoms with Gasteiger partial charge in [0.1, 0.15) is 5.69 Å². The van der Waals surface area contributed by atoms with E-state index >= 15 is 0 Å². The Bertz CT molecular complexity index is 455. The first-order valence-electron chi connectivity index (χ1n) is 6.07. The van der Waals surface area contributed by atoms with Crippen molar-refractivity contribution in [3.63, 3.8) is 0 Å². The molecule has 2 heterocycles. The number of piperidine rings is 1. The summed E-state index contributed by atoms with van der Waals surface area (Å²) in [5.74, 6) is -0.304. The van der Waals surface area contributed by atoms with E-state index in [4.69, 9.17) is 5.73 Å². The fourth-order valence-electron chi connectivity index (χ4n) is 2.10. The second-order valence-electron chi connectivity index (χ2n) is 4.72. The number of hydrogen-bond acceptors (Lipinski definition) is 3. The summed E-state index contributed by atoms with van der Waals surface area (Å²) >= 11 is 0. The van der Waals surface area contributed by atoms with E-state index in [-0.39, 0.29) is 11.9 Å². The molecule has 2 atom stereocenters. The topological polar surface area (TPSA) is 100 Å². The molecule has 0 radical (unpaired) electrons. The summed E-state index contributed by atoms with van der Waals surface area (Å²) in [6.07, 6.45) is 2.49. The highest BCUT2D eigenvalue weighted by atomic mass is 16.2. The van der Waals surface area contributed by atoms with Crippen molar-refractivity contribution < 1.29 is 9.59 Å². The Morgan fingerprint density at radius 1 is 1.50 bits per heavy atom. The first-order chi connectivity index (χ1) is 8.58. The molecule has 1 saturated heterocycles. The van der Waals surface area contributed by atoms with E-state index in [1.54, 1.807) is 0 Å². The van der Waals surface area contributed by atoms with Crippen molar-refractivity contribution in [3.05, 3.63) is 23.5 Å². The predicted molar refractivity (Wildman–Crippen MR) is 67.2 cm³/mol. The van der Waals surface area contributed by atoms with Gasteiger partial charge < -0.3 is 21.4 Å². The molecule has 0 aliphatic carbocycles. The molecule has 0 aromatic carbocycles. The van der Waals surface area contributed by atoms with Gasteiger partial charge >= 0.3 is 0 Å². The summed E-state index contributed by atoms with van der Waals surface area (Å²) in [6, 6.07) is 1.59. The van der Waals surface area contributed by atoms with E-state index in [0.29, 0.717) is 17.2 Å². The second-order valence-corrected chi connectivity index (χ2v) is 4.72. The van der Waals surface area contributed by atoms with Crippen LogP contribution in [0.2, 0.25) is 0 Å². The molecule has 1 aliphatic heterocycles. The minimum absolute atomic E-state index is 0.117. The van der Waals surface area contributed by atoms with Gasteiger partial charge in [-0.25, -0.2) is 0 Å². The molecule has 0 saturated carbocycles. The van der Waals surface area contributed by atoms with Gasteiger partial charge in [-0.3, -0.25) is 9.59 Å². The van der Waals surface area contributed by atoms with Crippen molar-refractivity contribution in [2.75, 3.05) is 13.1 Å². The third-order valence-electron chi connectivity index (χ3n) is 3.36. The zero-order valence-electron chi connectivity index (χ0n) is 10.3. The molecule has 18 heavy (non-hydrogen) atoms. The highest BCUT2D eigenvalue weighted by Crippen LogP contribution is 2.12. The second kappa shape index (κ2) is 5.22. The SMILES string of the molecule is CC1CCNCC1NC(=O)c1cc(C(N)=O)c[nH]1. The van der Waals surface area contributed by atoms with Crippen LogP contribution in [0.1, 0.15) is 34.2 Å². The fourth-order valence-corrected chi connectivity index (χ4v) is 2.10. The average molecular weight is 250 g/mol. The van der Waals surface area contributed by atoms with Crippen LogP contribution in [-0.2, 0) is 0 Å². The maximum atomic E-state index is 12.0. The highest BCUT2D eigenvalue weighted by Gasteiger charge is 2.23. The Balaban J connectivity index is 2.00. The Kier molecular flexibility index (Phi) is 3.66. The number of hydrogen-bond donors (Lipinski definition) is 4. The molecule has 2 rings (SSSR count). The summed E-state index contributed by atoms with van der Waals surface area (Å²) < 4.78 is 0. The van der Waals surface area contributed by atoms with E-state index in [1.165, 1.54) is 12.3 Å². The first kappa shape index (κ1) is 12.6. The number of aromatic nitrogens is 1. The summed E-state index contributed by atoms with van der Waals surface area (Å²) in [7, 11) is 0. The Labute approximate surface area is 105 Å². The maximum Gasteiger partial charge on any atom is 0.267 e. The van der Waals surface area contributed by atoms with Crippen molar-refractivity contribution in [1.29, 1.82) is 0 Å². The molecule has 6 nitrogen and oxygen atoms in total. The van der Waals surface area contributed by atoms with Gasteiger partial charge in [-0.1, -0.05) is 6.92 Å². The molecule has 5 N–H and O–H groups in total. The molecule has 0 bridgehead atoms. The lowest BCUT2D eigenvalue weighted by atomic mass is 9.95. The molecule has 2 amide bonds. The number of carbonyl (C=O) groups is 2. The Morgan fingerprint density at radius 2 is 2.28 bits per heavy atom. The van der Waals surface area contributed by atoms with Gasteiger partial charge in [0, 0.05) is 18.8 Å². The molecular formula is C12H18N4O2. The lowest BCUT2D eigenvalue weighted by molar-refractivity contribution is 0.0910. The third kappa shape index (κ3) is 2.70. The molecular weight excluding hydrogens is 232 g/mol. The third-order valence-corrected chi connectivity index (χ3v) is 3.36. The van der Waals surface area contributed by atoms with Crippen LogP contribution in [0, 0.1) is 5.92 Å². The number of H-pyrrole nitrogens is 1. The minimum atomic E-state index is -0.544. The first-order valence-corrected chi connectivity index (χ1v) is 6.07.